The Kier molecular flexibility index (Phi) is 5.56. The van der Waals surface area contributed by atoms with Gasteiger partial charge in [0.05, 0.1) is 19.0 Å². The second-order valence-electron chi connectivity index (χ2n) is 6.54. The molecule has 1 aromatic carbocycles. The predicted octanol–water partition coefficient (Wildman–Crippen LogP) is 3.57. The van der Waals surface area contributed by atoms with Gasteiger partial charge in [-0.05, 0) is 55.0 Å². The fraction of sp³-hybridized carbons (Fsp3) is 0.450. The lowest BCUT2D eigenvalue weighted by Gasteiger charge is -2.28. The van der Waals surface area contributed by atoms with Crippen molar-refractivity contribution >= 4 is 5.69 Å². The third-order valence-electron chi connectivity index (χ3n) is 4.98. The Balaban J connectivity index is 1.79. The highest BCUT2D eigenvalue weighted by Crippen LogP contribution is 2.36. The molecule has 1 aliphatic carbocycles. The van der Waals surface area contributed by atoms with Crippen LogP contribution >= 0.6 is 0 Å². The minimum absolute atomic E-state index is 0.432. The standard InChI is InChI=1S/C20H26N2O3/c1-13-9-17-14(10-19(13)24-2)5-4-6-15(17)11-22-18-12-21-8-7-16(18)20(23)25-3/h7-10,12,15,20,22-23H,4-6,11H2,1-3H3. The summed E-state index contributed by atoms with van der Waals surface area (Å²) in [6.07, 6.45) is 5.87. The summed E-state index contributed by atoms with van der Waals surface area (Å²) in [5.41, 5.74) is 5.47. The number of benzene rings is 1. The fourth-order valence-electron chi connectivity index (χ4n) is 3.60. The van der Waals surface area contributed by atoms with Crippen LogP contribution in [-0.2, 0) is 11.2 Å². The van der Waals surface area contributed by atoms with E-state index in [9.17, 15) is 5.11 Å². The molecule has 134 valence electrons. The van der Waals surface area contributed by atoms with Crippen molar-refractivity contribution in [2.24, 2.45) is 0 Å². The quantitative estimate of drug-likeness (QED) is 0.786. The summed E-state index contributed by atoms with van der Waals surface area (Å²) in [5, 5.41) is 13.4. The second kappa shape index (κ2) is 7.85. The minimum Gasteiger partial charge on any atom is -0.496 e. The van der Waals surface area contributed by atoms with Crippen molar-refractivity contribution in [3.8, 4) is 5.75 Å². The summed E-state index contributed by atoms with van der Waals surface area (Å²) in [6, 6.07) is 6.22. The molecule has 2 aromatic rings. The number of anilines is 1. The summed E-state index contributed by atoms with van der Waals surface area (Å²) < 4.78 is 10.5. The molecule has 2 unspecified atom stereocenters. The summed E-state index contributed by atoms with van der Waals surface area (Å²) in [5.74, 6) is 1.39. The first-order chi connectivity index (χ1) is 12.1. The highest BCUT2D eigenvalue weighted by atomic mass is 16.6. The first-order valence-corrected chi connectivity index (χ1v) is 8.70. The third kappa shape index (κ3) is 3.78. The van der Waals surface area contributed by atoms with E-state index < -0.39 is 6.29 Å². The molecule has 2 N–H and O–H groups in total. The lowest BCUT2D eigenvalue weighted by molar-refractivity contribution is -0.0764. The highest BCUT2D eigenvalue weighted by molar-refractivity contribution is 5.51. The molecular weight excluding hydrogens is 316 g/mol. The predicted molar refractivity (Wildman–Crippen MR) is 98.1 cm³/mol. The Bertz CT molecular complexity index is 733. The molecule has 5 heteroatoms. The average Bonchev–Trinajstić information content (AvgIpc) is 2.65. The van der Waals surface area contributed by atoms with Gasteiger partial charge in [0.25, 0.3) is 0 Å². The van der Waals surface area contributed by atoms with Crippen LogP contribution in [0.1, 0.15) is 47.3 Å². The maximum absolute atomic E-state index is 10.00. The van der Waals surface area contributed by atoms with Gasteiger partial charge in [0, 0.05) is 31.3 Å². The monoisotopic (exact) mass is 342 g/mol. The molecule has 0 radical (unpaired) electrons. The largest absolute Gasteiger partial charge is 0.496 e. The second-order valence-corrected chi connectivity index (χ2v) is 6.54. The van der Waals surface area contributed by atoms with Crippen LogP contribution < -0.4 is 10.1 Å². The van der Waals surface area contributed by atoms with Crippen LogP contribution in [0.2, 0.25) is 0 Å². The summed E-state index contributed by atoms with van der Waals surface area (Å²) in [6.45, 7) is 2.89. The Morgan fingerprint density at radius 2 is 2.20 bits per heavy atom. The van der Waals surface area contributed by atoms with Crippen LogP contribution in [0, 0.1) is 6.92 Å². The fourth-order valence-corrected chi connectivity index (χ4v) is 3.60. The molecule has 5 nitrogen and oxygen atoms in total. The smallest absolute Gasteiger partial charge is 0.182 e. The molecule has 3 rings (SSSR count). The molecule has 1 heterocycles. The molecule has 0 bridgehead atoms. The van der Waals surface area contributed by atoms with Crippen LogP contribution in [0.5, 0.6) is 5.75 Å². The van der Waals surface area contributed by atoms with E-state index >= 15 is 0 Å². The SMILES string of the molecule is COc1cc2c(cc1C)C(CNc1cnccc1C(O)OC)CCC2. The van der Waals surface area contributed by atoms with E-state index in [4.69, 9.17) is 9.47 Å². The van der Waals surface area contributed by atoms with E-state index in [1.54, 1.807) is 25.6 Å². The molecule has 0 saturated carbocycles. The normalized spacial score (nSPS) is 17.7. The van der Waals surface area contributed by atoms with Crippen molar-refractivity contribution in [3.63, 3.8) is 0 Å². The number of nitrogens with zero attached hydrogens (tertiary/aromatic N) is 1. The van der Waals surface area contributed by atoms with Crippen LogP contribution in [-0.4, -0.2) is 30.9 Å². The molecule has 0 spiro atoms. The Labute approximate surface area is 149 Å². The Morgan fingerprint density at radius 3 is 2.96 bits per heavy atom. The summed E-state index contributed by atoms with van der Waals surface area (Å²) >= 11 is 0. The number of aliphatic hydroxyl groups excluding tert-OH is 1. The molecular formula is C20H26N2O3. The van der Waals surface area contributed by atoms with E-state index in [1.807, 2.05) is 0 Å². The first kappa shape index (κ1) is 17.7. The molecule has 2 atom stereocenters. The van der Waals surface area contributed by atoms with Gasteiger partial charge < -0.3 is 19.9 Å². The van der Waals surface area contributed by atoms with Crippen molar-refractivity contribution in [1.82, 2.24) is 4.98 Å². The zero-order valence-corrected chi connectivity index (χ0v) is 15.1. The van der Waals surface area contributed by atoms with Crippen LogP contribution in [0.3, 0.4) is 0 Å². The Morgan fingerprint density at radius 1 is 1.36 bits per heavy atom. The number of aliphatic hydroxyl groups is 1. The van der Waals surface area contributed by atoms with Gasteiger partial charge in [-0.1, -0.05) is 6.07 Å². The number of methoxy groups -OCH3 is 2. The first-order valence-electron chi connectivity index (χ1n) is 8.70. The maximum atomic E-state index is 10.00. The number of nitrogens with one attached hydrogen (secondary N) is 1. The number of hydrogen-bond donors (Lipinski definition) is 2. The van der Waals surface area contributed by atoms with Gasteiger partial charge in [-0.25, -0.2) is 0 Å². The number of fused-ring (bicyclic) bond motifs is 1. The number of ether oxygens (including phenoxy) is 2. The van der Waals surface area contributed by atoms with Gasteiger partial charge in [-0.2, -0.15) is 0 Å². The maximum Gasteiger partial charge on any atom is 0.182 e. The minimum atomic E-state index is -0.948. The number of pyridine rings is 1. The van der Waals surface area contributed by atoms with Crippen LogP contribution in [0.15, 0.2) is 30.6 Å². The topological polar surface area (TPSA) is 63.6 Å². The van der Waals surface area contributed by atoms with E-state index in [0.717, 1.165) is 30.8 Å². The van der Waals surface area contributed by atoms with Gasteiger partial charge in [0.15, 0.2) is 6.29 Å². The van der Waals surface area contributed by atoms with Crippen molar-refractivity contribution in [2.45, 2.75) is 38.4 Å². The number of aromatic nitrogens is 1. The van der Waals surface area contributed by atoms with Gasteiger partial charge in [-0.3, -0.25) is 4.98 Å². The molecule has 25 heavy (non-hydrogen) atoms. The van der Waals surface area contributed by atoms with E-state index in [1.165, 1.54) is 30.2 Å². The van der Waals surface area contributed by atoms with Gasteiger partial charge in [-0.15, -0.1) is 0 Å². The number of hydrogen-bond acceptors (Lipinski definition) is 5. The van der Waals surface area contributed by atoms with Gasteiger partial charge in [0.1, 0.15) is 5.75 Å². The highest BCUT2D eigenvalue weighted by Gasteiger charge is 2.22. The lowest BCUT2D eigenvalue weighted by atomic mass is 9.81. The van der Waals surface area contributed by atoms with Crippen LogP contribution in [0.25, 0.3) is 0 Å². The van der Waals surface area contributed by atoms with E-state index in [-0.39, 0.29) is 0 Å². The zero-order valence-electron chi connectivity index (χ0n) is 15.1. The van der Waals surface area contributed by atoms with E-state index in [2.05, 4.69) is 29.4 Å². The molecule has 0 fully saturated rings. The molecule has 0 aliphatic heterocycles. The summed E-state index contributed by atoms with van der Waals surface area (Å²) in [7, 11) is 3.21. The average molecular weight is 342 g/mol. The zero-order chi connectivity index (χ0) is 17.8. The molecule has 1 aromatic heterocycles. The molecule has 0 amide bonds. The van der Waals surface area contributed by atoms with Crippen LogP contribution in [0.4, 0.5) is 5.69 Å². The number of aryl methyl sites for hydroxylation is 2. The molecule has 1 aliphatic rings. The van der Waals surface area contributed by atoms with Gasteiger partial charge in [0.2, 0.25) is 0 Å². The summed E-state index contributed by atoms with van der Waals surface area (Å²) in [4.78, 5) is 4.16. The Hall–Kier alpha value is -2.11. The molecule has 0 saturated heterocycles. The third-order valence-corrected chi connectivity index (χ3v) is 4.98. The van der Waals surface area contributed by atoms with Crippen molar-refractivity contribution in [3.05, 3.63) is 52.8 Å². The lowest BCUT2D eigenvalue weighted by Crippen LogP contribution is -2.19. The van der Waals surface area contributed by atoms with Gasteiger partial charge >= 0.3 is 0 Å². The van der Waals surface area contributed by atoms with Crippen molar-refractivity contribution in [1.29, 1.82) is 0 Å². The van der Waals surface area contributed by atoms with Crippen molar-refractivity contribution in [2.75, 3.05) is 26.1 Å². The number of rotatable bonds is 6. The van der Waals surface area contributed by atoms with Crippen molar-refractivity contribution < 1.29 is 14.6 Å². The van der Waals surface area contributed by atoms with E-state index in [0.29, 0.717) is 11.5 Å².